The second-order valence-electron chi connectivity index (χ2n) is 4.27. The number of rotatable bonds is 4. The van der Waals surface area contributed by atoms with E-state index in [-0.39, 0.29) is 5.97 Å². The third-order valence-electron chi connectivity index (χ3n) is 2.95. The SMILES string of the molecule is CCOC(=O)c1cccc(OC2CCCC2)c1. The smallest absolute Gasteiger partial charge is 0.338 e. The summed E-state index contributed by atoms with van der Waals surface area (Å²) < 4.78 is 10.8. The zero-order chi connectivity index (χ0) is 12.1. The van der Waals surface area contributed by atoms with E-state index in [0.717, 1.165) is 18.6 Å². The number of carbonyl (C=O) groups excluding carboxylic acids is 1. The first-order valence-corrected chi connectivity index (χ1v) is 6.23. The van der Waals surface area contributed by atoms with Gasteiger partial charge in [-0.2, -0.15) is 0 Å². The highest BCUT2D eigenvalue weighted by Crippen LogP contribution is 2.24. The zero-order valence-corrected chi connectivity index (χ0v) is 10.1. The largest absolute Gasteiger partial charge is 0.490 e. The van der Waals surface area contributed by atoms with E-state index in [1.807, 2.05) is 12.1 Å². The fraction of sp³-hybridized carbons (Fsp3) is 0.500. The van der Waals surface area contributed by atoms with Crippen LogP contribution < -0.4 is 4.74 Å². The Morgan fingerprint density at radius 1 is 1.35 bits per heavy atom. The molecule has 92 valence electrons. The molecule has 0 aromatic heterocycles. The molecule has 0 radical (unpaired) electrons. The van der Waals surface area contributed by atoms with Crippen molar-refractivity contribution in [1.82, 2.24) is 0 Å². The van der Waals surface area contributed by atoms with Gasteiger partial charge in [-0.1, -0.05) is 6.07 Å². The van der Waals surface area contributed by atoms with Gasteiger partial charge in [0.1, 0.15) is 5.75 Å². The highest BCUT2D eigenvalue weighted by molar-refractivity contribution is 5.89. The Hall–Kier alpha value is -1.51. The Labute approximate surface area is 102 Å². The molecule has 1 saturated carbocycles. The molecular weight excluding hydrogens is 216 g/mol. The second kappa shape index (κ2) is 5.71. The van der Waals surface area contributed by atoms with Crippen LogP contribution in [0, 0.1) is 0 Å². The van der Waals surface area contributed by atoms with Gasteiger partial charge in [0.15, 0.2) is 0 Å². The van der Waals surface area contributed by atoms with E-state index < -0.39 is 0 Å². The van der Waals surface area contributed by atoms with Gasteiger partial charge >= 0.3 is 5.97 Å². The predicted molar refractivity (Wildman–Crippen MR) is 65.3 cm³/mol. The molecule has 0 atom stereocenters. The average molecular weight is 234 g/mol. The molecular formula is C14H18O3. The van der Waals surface area contributed by atoms with Crippen molar-refractivity contribution >= 4 is 5.97 Å². The highest BCUT2D eigenvalue weighted by atomic mass is 16.5. The molecule has 1 aliphatic rings. The van der Waals surface area contributed by atoms with Gasteiger partial charge in [0, 0.05) is 0 Å². The summed E-state index contributed by atoms with van der Waals surface area (Å²) in [6.45, 7) is 2.20. The first-order valence-electron chi connectivity index (χ1n) is 6.23. The molecule has 0 bridgehead atoms. The van der Waals surface area contributed by atoms with Crippen LogP contribution in [-0.2, 0) is 4.74 Å². The fourth-order valence-corrected chi connectivity index (χ4v) is 2.11. The van der Waals surface area contributed by atoms with E-state index in [9.17, 15) is 4.79 Å². The average Bonchev–Trinajstić information content (AvgIpc) is 2.82. The Balaban J connectivity index is 2.02. The number of hydrogen-bond donors (Lipinski definition) is 0. The Morgan fingerprint density at radius 2 is 2.12 bits per heavy atom. The molecule has 2 rings (SSSR count). The normalized spacial score (nSPS) is 15.8. The van der Waals surface area contributed by atoms with Crippen LogP contribution in [0.4, 0.5) is 0 Å². The van der Waals surface area contributed by atoms with Gasteiger partial charge in [-0.15, -0.1) is 0 Å². The minimum Gasteiger partial charge on any atom is -0.490 e. The van der Waals surface area contributed by atoms with Crippen LogP contribution in [0.15, 0.2) is 24.3 Å². The molecule has 1 aromatic carbocycles. The van der Waals surface area contributed by atoms with Gasteiger partial charge in [-0.25, -0.2) is 4.79 Å². The molecule has 3 nitrogen and oxygen atoms in total. The summed E-state index contributed by atoms with van der Waals surface area (Å²) in [6, 6.07) is 7.23. The molecule has 0 unspecified atom stereocenters. The first-order chi connectivity index (χ1) is 8.29. The lowest BCUT2D eigenvalue weighted by Gasteiger charge is -2.13. The highest BCUT2D eigenvalue weighted by Gasteiger charge is 2.17. The molecule has 0 aliphatic heterocycles. The van der Waals surface area contributed by atoms with Crippen LogP contribution >= 0.6 is 0 Å². The van der Waals surface area contributed by atoms with Crippen LogP contribution in [0.25, 0.3) is 0 Å². The second-order valence-corrected chi connectivity index (χ2v) is 4.27. The molecule has 0 amide bonds. The topological polar surface area (TPSA) is 35.5 Å². The minimum atomic E-state index is -0.288. The standard InChI is InChI=1S/C14H18O3/c1-2-16-14(15)11-6-5-9-13(10-11)17-12-7-3-4-8-12/h5-6,9-10,12H,2-4,7-8H2,1H3. The number of hydrogen-bond acceptors (Lipinski definition) is 3. The lowest BCUT2D eigenvalue weighted by atomic mass is 10.2. The van der Waals surface area contributed by atoms with Crippen molar-refractivity contribution in [1.29, 1.82) is 0 Å². The van der Waals surface area contributed by atoms with Gasteiger partial charge in [0.25, 0.3) is 0 Å². The van der Waals surface area contributed by atoms with Crippen LogP contribution in [0.2, 0.25) is 0 Å². The van der Waals surface area contributed by atoms with Crippen LogP contribution in [0.5, 0.6) is 5.75 Å². The maximum absolute atomic E-state index is 11.6. The van der Waals surface area contributed by atoms with E-state index in [1.165, 1.54) is 12.8 Å². The quantitative estimate of drug-likeness (QED) is 0.750. The molecule has 3 heteroatoms. The maximum atomic E-state index is 11.6. The lowest BCUT2D eigenvalue weighted by Crippen LogP contribution is -2.11. The molecule has 0 saturated heterocycles. The van der Waals surface area contributed by atoms with Gasteiger partial charge in [-0.3, -0.25) is 0 Å². The van der Waals surface area contributed by atoms with Crippen LogP contribution in [-0.4, -0.2) is 18.7 Å². The third-order valence-corrected chi connectivity index (χ3v) is 2.95. The number of ether oxygens (including phenoxy) is 2. The summed E-state index contributed by atoms with van der Waals surface area (Å²) in [4.78, 5) is 11.6. The van der Waals surface area contributed by atoms with Gasteiger partial charge in [0.2, 0.25) is 0 Å². The van der Waals surface area contributed by atoms with E-state index in [0.29, 0.717) is 18.3 Å². The number of carbonyl (C=O) groups is 1. The monoisotopic (exact) mass is 234 g/mol. The molecule has 17 heavy (non-hydrogen) atoms. The van der Waals surface area contributed by atoms with Gasteiger partial charge in [0.05, 0.1) is 18.3 Å². The zero-order valence-electron chi connectivity index (χ0n) is 10.1. The van der Waals surface area contributed by atoms with E-state index in [2.05, 4.69) is 0 Å². The van der Waals surface area contributed by atoms with E-state index >= 15 is 0 Å². The van der Waals surface area contributed by atoms with Crippen molar-refractivity contribution in [3.05, 3.63) is 29.8 Å². The third kappa shape index (κ3) is 3.22. The minimum absolute atomic E-state index is 0.288. The summed E-state index contributed by atoms with van der Waals surface area (Å²) >= 11 is 0. The first kappa shape index (κ1) is 12.0. The predicted octanol–water partition coefficient (Wildman–Crippen LogP) is 3.18. The van der Waals surface area contributed by atoms with Gasteiger partial charge in [-0.05, 0) is 50.8 Å². The van der Waals surface area contributed by atoms with Crippen molar-refractivity contribution in [2.45, 2.75) is 38.7 Å². The fourth-order valence-electron chi connectivity index (χ4n) is 2.11. The Bertz CT molecular complexity index is 381. The molecule has 1 fully saturated rings. The van der Waals surface area contributed by atoms with Crippen molar-refractivity contribution in [2.24, 2.45) is 0 Å². The maximum Gasteiger partial charge on any atom is 0.338 e. The Morgan fingerprint density at radius 3 is 2.82 bits per heavy atom. The molecule has 1 aliphatic carbocycles. The van der Waals surface area contributed by atoms with Crippen molar-refractivity contribution < 1.29 is 14.3 Å². The molecule has 0 spiro atoms. The van der Waals surface area contributed by atoms with Crippen LogP contribution in [0.3, 0.4) is 0 Å². The van der Waals surface area contributed by atoms with Gasteiger partial charge < -0.3 is 9.47 Å². The molecule has 1 aromatic rings. The molecule has 0 heterocycles. The summed E-state index contributed by atoms with van der Waals surface area (Å²) in [7, 11) is 0. The summed E-state index contributed by atoms with van der Waals surface area (Å²) in [6.07, 6.45) is 5.02. The van der Waals surface area contributed by atoms with E-state index in [1.54, 1.807) is 19.1 Å². The molecule has 0 N–H and O–H groups in total. The van der Waals surface area contributed by atoms with Crippen LogP contribution in [0.1, 0.15) is 43.0 Å². The van der Waals surface area contributed by atoms with Crippen molar-refractivity contribution in [3.8, 4) is 5.75 Å². The number of esters is 1. The Kier molecular flexibility index (Phi) is 4.02. The summed E-state index contributed by atoms with van der Waals surface area (Å²) in [5, 5.41) is 0. The lowest BCUT2D eigenvalue weighted by molar-refractivity contribution is 0.0525. The summed E-state index contributed by atoms with van der Waals surface area (Å²) in [5.41, 5.74) is 0.558. The summed E-state index contributed by atoms with van der Waals surface area (Å²) in [5.74, 6) is 0.479. The van der Waals surface area contributed by atoms with Crippen molar-refractivity contribution in [3.63, 3.8) is 0 Å². The van der Waals surface area contributed by atoms with E-state index in [4.69, 9.17) is 9.47 Å². The number of benzene rings is 1. The van der Waals surface area contributed by atoms with Crippen molar-refractivity contribution in [2.75, 3.05) is 6.61 Å².